The molecule has 0 fully saturated rings. The standard InChI is InChI=1S/C8H18N2OS/c1-4-5-9-8(11)10(2)6-7-12-3/h4-7H2,1-3H3,(H,9,11). The Morgan fingerprint density at radius 1 is 1.58 bits per heavy atom. The summed E-state index contributed by atoms with van der Waals surface area (Å²) in [6.45, 7) is 3.63. The van der Waals surface area contributed by atoms with Crippen molar-refractivity contribution in [1.29, 1.82) is 0 Å². The zero-order chi connectivity index (χ0) is 9.40. The zero-order valence-corrected chi connectivity index (χ0v) is 8.91. The van der Waals surface area contributed by atoms with Gasteiger partial charge in [0.2, 0.25) is 0 Å². The maximum atomic E-state index is 11.2. The second-order valence-electron chi connectivity index (χ2n) is 2.65. The molecule has 0 rings (SSSR count). The Kier molecular flexibility index (Phi) is 7.05. The number of thioether (sulfide) groups is 1. The van der Waals surface area contributed by atoms with Crippen molar-refractivity contribution in [3.05, 3.63) is 0 Å². The number of carbonyl (C=O) groups excluding carboxylic acids is 1. The fourth-order valence-electron chi connectivity index (χ4n) is 0.697. The maximum Gasteiger partial charge on any atom is 0.317 e. The van der Waals surface area contributed by atoms with Crippen LogP contribution in [0.4, 0.5) is 4.79 Å². The number of nitrogens with one attached hydrogen (secondary N) is 1. The van der Waals surface area contributed by atoms with Crippen LogP contribution in [0, 0.1) is 0 Å². The Morgan fingerprint density at radius 2 is 2.25 bits per heavy atom. The lowest BCUT2D eigenvalue weighted by molar-refractivity contribution is 0.211. The molecule has 0 radical (unpaired) electrons. The Hall–Kier alpha value is -0.380. The van der Waals surface area contributed by atoms with E-state index in [1.165, 1.54) is 0 Å². The highest BCUT2D eigenvalue weighted by Gasteiger charge is 2.04. The molecule has 0 saturated carbocycles. The van der Waals surface area contributed by atoms with Crippen molar-refractivity contribution in [1.82, 2.24) is 10.2 Å². The van der Waals surface area contributed by atoms with E-state index in [0.717, 1.165) is 25.3 Å². The van der Waals surface area contributed by atoms with Gasteiger partial charge in [0.25, 0.3) is 0 Å². The quantitative estimate of drug-likeness (QED) is 0.710. The minimum atomic E-state index is 0.0332. The molecule has 0 aromatic heterocycles. The van der Waals surface area contributed by atoms with Gasteiger partial charge in [0.1, 0.15) is 0 Å². The number of hydrogen-bond acceptors (Lipinski definition) is 2. The molecular weight excluding hydrogens is 172 g/mol. The van der Waals surface area contributed by atoms with Crippen LogP contribution in [0.3, 0.4) is 0 Å². The van der Waals surface area contributed by atoms with Crippen LogP contribution < -0.4 is 5.32 Å². The number of amides is 2. The number of rotatable bonds is 5. The highest BCUT2D eigenvalue weighted by molar-refractivity contribution is 7.98. The molecule has 2 amide bonds. The first-order valence-corrected chi connectivity index (χ1v) is 5.59. The van der Waals surface area contributed by atoms with Crippen molar-refractivity contribution in [2.24, 2.45) is 0 Å². The summed E-state index contributed by atoms with van der Waals surface area (Å²) in [5.74, 6) is 0.996. The van der Waals surface area contributed by atoms with Gasteiger partial charge in [-0.05, 0) is 12.7 Å². The predicted octanol–water partition coefficient (Wildman–Crippen LogP) is 1.40. The Labute approximate surface area is 78.9 Å². The number of hydrogen-bond donors (Lipinski definition) is 1. The number of carbonyl (C=O) groups is 1. The highest BCUT2D eigenvalue weighted by Crippen LogP contribution is 1.93. The molecule has 0 aromatic rings. The summed E-state index contributed by atoms with van der Waals surface area (Å²) < 4.78 is 0. The van der Waals surface area contributed by atoms with Gasteiger partial charge in [-0.1, -0.05) is 6.92 Å². The smallest absolute Gasteiger partial charge is 0.317 e. The third kappa shape index (κ3) is 5.29. The SMILES string of the molecule is CCCNC(=O)N(C)CCSC. The van der Waals surface area contributed by atoms with E-state index in [2.05, 4.69) is 5.32 Å². The average Bonchev–Trinajstić information content (AvgIpc) is 2.10. The van der Waals surface area contributed by atoms with Gasteiger partial charge in [-0.3, -0.25) is 0 Å². The highest BCUT2D eigenvalue weighted by atomic mass is 32.2. The molecule has 4 heteroatoms. The lowest BCUT2D eigenvalue weighted by Gasteiger charge is -2.16. The maximum absolute atomic E-state index is 11.2. The van der Waals surface area contributed by atoms with Crippen LogP contribution in [-0.4, -0.2) is 43.1 Å². The fourth-order valence-corrected chi connectivity index (χ4v) is 1.15. The van der Waals surface area contributed by atoms with E-state index >= 15 is 0 Å². The average molecular weight is 190 g/mol. The summed E-state index contributed by atoms with van der Waals surface area (Å²) in [6.07, 6.45) is 3.03. The molecule has 0 aliphatic rings. The third-order valence-electron chi connectivity index (χ3n) is 1.50. The van der Waals surface area contributed by atoms with Crippen LogP contribution in [0.25, 0.3) is 0 Å². The number of nitrogens with zero attached hydrogens (tertiary/aromatic N) is 1. The van der Waals surface area contributed by atoms with Crippen LogP contribution in [0.1, 0.15) is 13.3 Å². The van der Waals surface area contributed by atoms with E-state index in [1.54, 1.807) is 16.7 Å². The molecule has 0 heterocycles. The summed E-state index contributed by atoms with van der Waals surface area (Å²) in [7, 11) is 1.82. The topological polar surface area (TPSA) is 32.3 Å². The van der Waals surface area contributed by atoms with Gasteiger partial charge in [-0.25, -0.2) is 4.79 Å². The lowest BCUT2D eigenvalue weighted by Crippen LogP contribution is -2.38. The Bertz CT molecular complexity index is 130. The van der Waals surface area contributed by atoms with Gasteiger partial charge in [0.05, 0.1) is 0 Å². The van der Waals surface area contributed by atoms with Crippen LogP contribution in [0.5, 0.6) is 0 Å². The minimum Gasteiger partial charge on any atom is -0.338 e. The van der Waals surface area contributed by atoms with E-state index in [0.29, 0.717) is 0 Å². The van der Waals surface area contributed by atoms with Crippen LogP contribution >= 0.6 is 11.8 Å². The van der Waals surface area contributed by atoms with Gasteiger partial charge in [0.15, 0.2) is 0 Å². The molecule has 0 bridgehead atoms. The molecule has 0 aliphatic carbocycles. The molecule has 1 N–H and O–H groups in total. The molecule has 72 valence electrons. The van der Waals surface area contributed by atoms with Crippen molar-refractivity contribution in [2.45, 2.75) is 13.3 Å². The molecule has 0 saturated heterocycles. The minimum absolute atomic E-state index is 0.0332. The first-order chi connectivity index (χ1) is 5.72. The van der Waals surface area contributed by atoms with E-state index in [-0.39, 0.29) is 6.03 Å². The molecule has 0 unspecified atom stereocenters. The van der Waals surface area contributed by atoms with Crippen molar-refractivity contribution in [2.75, 3.05) is 32.1 Å². The molecule has 0 aromatic carbocycles. The summed E-state index contributed by atoms with van der Waals surface area (Å²) in [6, 6.07) is 0.0332. The second kappa shape index (κ2) is 7.28. The van der Waals surface area contributed by atoms with Crippen LogP contribution in [0.2, 0.25) is 0 Å². The summed E-state index contributed by atoms with van der Waals surface area (Å²) >= 11 is 1.75. The van der Waals surface area contributed by atoms with Gasteiger partial charge < -0.3 is 10.2 Å². The first kappa shape index (κ1) is 11.6. The van der Waals surface area contributed by atoms with Crippen molar-refractivity contribution in [3.63, 3.8) is 0 Å². The monoisotopic (exact) mass is 190 g/mol. The van der Waals surface area contributed by atoms with Gasteiger partial charge in [-0.2, -0.15) is 11.8 Å². The van der Waals surface area contributed by atoms with Gasteiger partial charge in [-0.15, -0.1) is 0 Å². The van der Waals surface area contributed by atoms with Crippen LogP contribution in [-0.2, 0) is 0 Å². The van der Waals surface area contributed by atoms with E-state index in [1.807, 2.05) is 20.2 Å². The summed E-state index contributed by atoms with van der Waals surface area (Å²) in [5, 5.41) is 2.82. The van der Waals surface area contributed by atoms with Crippen molar-refractivity contribution >= 4 is 17.8 Å². The second-order valence-corrected chi connectivity index (χ2v) is 3.63. The number of urea groups is 1. The molecule has 12 heavy (non-hydrogen) atoms. The third-order valence-corrected chi connectivity index (χ3v) is 2.09. The summed E-state index contributed by atoms with van der Waals surface area (Å²) in [5.41, 5.74) is 0. The Morgan fingerprint density at radius 3 is 2.75 bits per heavy atom. The van der Waals surface area contributed by atoms with Gasteiger partial charge >= 0.3 is 6.03 Å². The normalized spacial score (nSPS) is 9.58. The fraction of sp³-hybridized carbons (Fsp3) is 0.875. The lowest BCUT2D eigenvalue weighted by atomic mass is 10.5. The van der Waals surface area contributed by atoms with Crippen LogP contribution in [0.15, 0.2) is 0 Å². The van der Waals surface area contributed by atoms with Gasteiger partial charge in [0, 0.05) is 25.9 Å². The molecule has 3 nitrogen and oxygen atoms in total. The molecule has 0 atom stereocenters. The molecule has 0 spiro atoms. The summed E-state index contributed by atoms with van der Waals surface area (Å²) in [4.78, 5) is 12.9. The Balaban J connectivity index is 3.47. The van der Waals surface area contributed by atoms with E-state index in [4.69, 9.17) is 0 Å². The predicted molar refractivity (Wildman–Crippen MR) is 54.7 cm³/mol. The molecule has 0 aliphatic heterocycles. The van der Waals surface area contributed by atoms with E-state index in [9.17, 15) is 4.79 Å². The van der Waals surface area contributed by atoms with Crippen molar-refractivity contribution in [3.8, 4) is 0 Å². The zero-order valence-electron chi connectivity index (χ0n) is 8.09. The molecular formula is C8H18N2OS. The van der Waals surface area contributed by atoms with E-state index < -0.39 is 0 Å². The largest absolute Gasteiger partial charge is 0.338 e. The first-order valence-electron chi connectivity index (χ1n) is 4.20. The van der Waals surface area contributed by atoms with Crippen molar-refractivity contribution < 1.29 is 4.79 Å².